The lowest BCUT2D eigenvalue weighted by molar-refractivity contribution is -0.0468. The van der Waals surface area contributed by atoms with Crippen LogP contribution in [0.25, 0.3) is 0 Å². The van der Waals surface area contributed by atoms with E-state index in [1.54, 1.807) is 24.1 Å². The molecule has 8 nitrogen and oxygen atoms in total. The number of morpholine rings is 1. The minimum absolute atomic E-state index is 0.150. The largest absolute Gasteiger partial charge is 0.383 e. The van der Waals surface area contributed by atoms with Gasteiger partial charge in [0.25, 0.3) is 5.91 Å². The zero-order valence-electron chi connectivity index (χ0n) is 15.4. The quantitative estimate of drug-likeness (QED) is 0.773. The average Bonchev–Trinajstić information content (AvgIpc) is 3.09. The van der Waals surface area contributed by atoms with Crippen LogP contribution in [-0.4, -0.2) is 60.6 Å². The van der Waals surface area contributed by atoms with Crippen molar-refractivity contribution in [1.29, 1.82) is 0 Å². The first-order valence-corrected chi connectivity index (χ1v) is 8.63. The molecule has 140 valence electrons. The van der Waals surface area contributed by atoms with E-state index in [0.717, 1.165) is 17.9 Å². The van der Waals surface area contributed by atoms with E-state index in [4.69, 9.17) is 9.47 Å². The maximum Gasteiger partial charge on any atom is 0.252 e. The third kappa shape index (κ3) is 4.03. The number of ether oxygens (including phenoxy) is 2. The molecule has 0 aliphatic carbocycles. The number of carbonyl (C=O) groups excluding carboxylic acids is 1. The molecule has 2 aromatic heterocycles. The van der Waals surface area contributed by atoms with Gasteiger partial charge in [-0.1, -0.05) is 0 Å². The highest BCUT2D eigenvalue weighted by Crippen LogP contribution is 2.30. The molecule has 2 aromatic rings. The van der Waals surface area contributed by atoms with Gasteiger partial charge in [0, 0.05) is 45.2 Å². The molecule has 1 fully saturated rings. The lowest BCUT2D eigenvalue weighted by Crippen LogP contribution is -2.48. The first kappa shape index (κ1) is 18.3. The summed E-state index contributed by atoms with van der Waals surface area (Å²) in [7, 11) is 3.50. The van der Waals surface area contributed by atoms with Crippen molar-refractivity contribution in [2.45, 2.75) is 12.5 Å². The van der Waals surface area contributed by atoms with Crippen LogP contribution in [0.3, 0.4) is 0 Å². The number of hydrogen-bond donors (Lipinski definition) is 1. The molecule has 0 radical (unpaired) electrons. The fourth-order valence-corrected chi connectivity index (χ4v) is 3.01. The van der Waals surface area contributed by atoms with E-state index in [2.05, 4.69) is 27.2 Å². The number of hydrogen-bond acceptors (Lipinski definition) is 6. The van der Waals surface area contributed by atoms with Crippen molar-refractivity contribution in [1.82, 2.24) is 20.1 Å². The maximum absolute atomic E-state index is 12.0. The predicted octanol–water partition coefficient (Wildman–Crippen LogP) is 0.943. The first-order chi connectivity index (χ1) is 12.5. The van der Waals surface area contributed by atoms with E-state index in [9.17, 15) is 4.79 Å². The molecule has 1 aliphatic heterocycles. The smallest absolute Gasteiger partial charge is 0.252 e. The minimum Gasteiger partial charge on any atom is -0.383 e. The van der Waals surface area contributed by atoms with Crippen LogP contribution in [0.5, 0.6) is 0 Å². The number of aromatic nitrogens is 3. The third-order valence-corrected chi connectivity index (χ3v) is 4.52. The van der Waals surface area contributed by atoms with E-state index >= 15 is 0 Å². The molecule has 3 rings (SSSR count). The molecule has 1 atom stereocenters. The monoisotopic (exact) mass is 359 g/mol. The fraction of sp³-hybridized carbons (Fsp3) is 0.500. The molecule has 3 heterocycles. The number of nitrogens with one attached hydrogen (secondary N) is 1. The molecule has 26 heavy (non-hydrogen) atoms. The van der Waals surface area contributed by atoms with Crippen molar-refractivity contribution in [2.24, 2.45) is 7.05 Å². The molecule has 0 bridgehead atoms. The van der Waals surface area contributed by atoms with Crippen molar-refractivity contribution < 1.29 is 14.3 Å². The molecule has 1 aliphatic rings. The second-order valence-electron chi connectivity index (χ2n) is 6.56. The molecule has 1 N–H and O–H groups in total. The van der Waals surface area contributed by atoms with Crippen LogP contribution in [-0.2, 0) is 22.1 Å². The fourth-order valence-electron chi connectivity index (χ4n) is 3.01. The third-order valence-electron chi connectivity index (χ3n) is 4.52. The van der Waals surface area contributed by atoms with E-state index < -0.39 is 5.60 Å². The van der Waals surface area contributed by atoms with Crippen LogP contribution in [0, 0.1) is 0 Å². The Kier molecular flexibility index (Phi) is 5.53. The van der Waals surface area contributed by atoms with Gasteiger partial charge >= 0.3 is 0 Å². The van der Waals surface area contributed by atoms with Crippen LogP contribution >= 0.6 is 0 Å². The van der Waals surface area contributed by atoms with Gasteiger partial charge in [-0.15, -0.1) is 0 Å². The predicted molar refractivity (Wildman–Crippen MR) is 97.2 cm³/mol. The summed E-state index contributed by atoms with van der Waals surface area (Å²) in [4.78, 5) is 18.7. The second kappa shape index (κ2) is 7.84. The number of pyridine rings is 1. The number of anilines is 1. The van der Waals surface area contributed by atoms with Crippen molar-refractivity contribution >= 4 is 11.7 Å². The van der Waals surface area contributed by atoms with Gasteiger partial charge in [0.1, 0.15) is 11.4 Å². The second-order valence-corrected chi connectivity index (χ2v) is 6.56. The number of nitrogens with zero attached hydrogens (tertiary/aromatic N) is 4. The summed E-state index contributed by atoms with van der Waals surface area (Å²) in [5.74, 6) is 0.681. The van der Waals surface area contributed by atoms with Gasteiger partial charge in [-0.05, 0) is 19.1 Å². The first-order valence-electron chi connectivity index (χ1n) is 8.63. The van der Waals surface area contributed by atoms with Crippen molar-refractivity contribution in [3.05, 3.63) is 41.9 Å². The number of aryl methyl sites for hydroxylation is 1. The van der Waals surface area contributed by atoms with Crippen molar-refractivity contribution in [3.63, 3.8) is 0 Å². The Hall–Kier alpha value is -2.45. The Labute approximate surface area is 153 Å². The number of carbonyl (C=O) groups is 1. The summed E-state index contributed by atoms with van der Waals surface area (Å²) in [5, 5.41) is 7.03. The van der Waals surface area contributed by atoms with Gasteiger partial charge in [0.15, 0.2) is 0 Å². The van der Waals surface area contributed by atoms with Crippen LogP contribution < -0.4 is 10.2 Å². The lowest BCUT2D eigenvalue weighted by atomic mass is 9.97. The molecule has 8 heteroatoms. The Bertz CT molecular complexity index is 746. The average molecular weight is 359 g/mol. The van der Waals surface area contributed by atoms with E-state index in [0.29, 0.717) is 31.9 Å². The number of amides is 1. The minimum atomic E-state index is -0.440. The van der Waals surface area contributed by atoms with Gasteiger partial charge in [0.05, 0.1) is 31.5 Å². The Morgan fingerprint density at radius 3 is 2.92 bits per heavy atom. The summed E-state index contributed by atoms with van der Waals surface area (Å²) in [6, 6.07) is 3.67. The van der Waals surface area contributed by atoms with Crippen LogP contribution in [0.1, 0.15) is 22.8 Å². The topological polar surface area (TPSA) is 81.5 Å². The highest BCUT2D eigenvalue weighted by atomic mass is 16.5. The van der Waals surface area contributed by atoms with Crippen molar-refractivity contribution in [2.75, 3.05) is 44.9 Å². The lowest BCUT2D eigenvalue weighted by Gasteiger charge is -2.40. The Morgan fingerprint density at radius 2 is 2.27 bits per heavy atom. The maximum atomic E-state index is 12.0. The van der Waals surface area contributed by atoms with Crippen molar-refractivity contribution in [3.8, 4) is 0 Å². The summed E-state index contributed by atoms with van der Waals surface area (Å²) in [6.45, 7) is 5.05. The Balaban J connectivity index is 1.68. The van der Waals surface area contributed by atoms with E-state index in [1.807, 2.05) is 25.5 Å². The summed E-state index contributed by atoms with van der Waals surface area (Å²) >= 11 is 0. The SMILES string of the molecule is COCCNC(=O)c1ccc(N2CCOC(C)(c3cnn(C)c3)C2)nc1. The molecular weight excluding hydrogens is 334 g/mol. The highest BCUT2D eigenvalue weighted by Gasteiger charge is 2.35. The highest BCUT2D eigenvalue weighted by molar-refractivity contribution is 5.94. The van der Waals surface area contributed by atoms with Crippen LogP contribution in [0.2, 0.25) is 0 Å². The standard InChI is InChI=1S/C18H25N5O3/c1-18(15-11-21-22(2)12-15)13-23(7-9-26-18)16-5-4-14(10-20-16)17(24)19-6-8-25-3/h4-5,10-12H,6-9,13H2,1-3H3,(H,19,24). The van der Waals surface area contributed by atoms with Gasteiger partial charge in [0.2, 0.25) is 0 Å². The van der Waals surface area contributed by atoms with Gasteiger partial charge in [-0.25, -0.2) is 4.98 Å². The molecule has 0 saturated carbocycles. The molecule has 1 amide bonds. The zero-order chi connectivity index (χ0) is 18.6. The molecule has 0 spiro atoms. The van der Waals surface area contributed by atoms with Crippen LogP contribution in [0.15, 0.2) is 30.7 Å². The Morgan fingerprint density at radius 1 is 1.42 bits per heavy atom. The van der Waals surface area contributed by atoms with Gasteiger partial charge < -0.3 is 19.7 Å². The molecule has 0 aromatic carbocycles. The zero-order valence-corrected chi connectivity index (χ0v) is 15.4. The number of rotatable bonds is 6. The number of methoxy groups -OCH3 is 1. The van der Waals surface area contributed by atoms with E-state index in [-0.39, 0.29) is 5.91 Å². The van der Waals surface area contributed by atoms with Gasteiger partial charge in [-0.3, -0.25) is 9.48 Å². The normalized spacial score (nSPS) is 20.2. The molecule has 1 unspecified atom stereocenters. The van der Waals surface area contributed by atoms with E-state index in [1.165, 1.54) is 0 Å². The summed E-state index contributed by atoms with van der Waals surface area (Å²) in [5.41, 5.74) is 1.14. The summed E-state index contributed by atoms with van der Waals surface area (Å²) < 4.78 is 12.7. The molecule has 1 saturated heterocycles. The summed E-state index contributed by atoms with van der Waals surface area (Å²) in [6.07, 6.45) is 5.42. The van der Waals surface area contributed by atoms with Crippen LogP contribution in [0.4, 0.5) is 5.82 Å². The molecular formula is C18H25N5O3. The van der Waals surface area contributed by atoms with Gasteiger partial charge in [-0.2, -0.15) is 5.10 Å².